The smallest absolute Gasteiger partial charge is 0.314 e. The zero-order valence-corrected chi connectivity index (χ0v) is 18.9. The van der Waals surface area contributed by atoms with Gasteiger partial charge >= 0.3 is 5.97 Å². The minimum Gasteiger partial charge on any atom is -0.457 e. The van der Waals surface area contributed by atoms with E-state index in [1.165, 1.54) is 6.20 Å². The Morgan fingerprint density at radius 3 is 2.47 bits per heavy atom. The fourth-order valence-corrected chi connectivity index (χ4v) is 3.83. The lowest BCUT2D eigenvalue weighted by Crippen LogP contribution is -2.47. The molecule has 3 N–H and O–H groups in total. The van der Waals surface area contributed by atoms with Gasteiger partial charge in [-0.1, -0.05) is 59.8 Å². The molecule has 1 aliphatic rings. The van der Waals surface area contributed by atoms with Gasteiger partial charge in [-0.05, 0) is 36.5 Å². The molecule has 0 radical (unpaired) electrons. The maximum absolute atomic E-state index is 12.8. The molecule has 34 heavy (non-hydrogen) atoms. The zero-order chi connectivity index (χ0) is 24.0. The summed E-state index contributed by atoms with van der Waals surface area (Å²) in [5.74, 6) is -0.901. The first kappa shape index (κ1) is 23.6. The molecule has 2 heterocycles. The number of hydrogen-bond acceptors (Lipinski definition) is 7. The molecule has 1 saturated heterocycles. The van der Waals surface area contributed by atoms with Crippen molar-refractivity contribution >= 4 is 11.9 Å². The average molecular weight is 465 g/mol. The molecular weight excluding hydrogens is 436 g/mol. The third-order valence-corrected chi connectivity index (χ3v) is 5.96. The number of aliphatic hydroxyl groups excluding tert-OH is 1. The van der Waals surface area contributed by atoms with Gasteiger partial charge in [0.25, 0.3) is 5.91 Å². The highest BCUT2D eigenvalue weighted by Crippen LogP contribution is 2.28. The Bertz CT molecular complexity index is 1080. The van der Waals surface area contributed by atoms with Crippen LogP contribution in [-0.4, -0.2) is 64.4 Å². The maximum Gasteiger partial charge on any atom is 0.314 e. The lowest BCUT2D eigenvalue weighted by atomic mass is 9.82. The van der Waals surface area contributed by atoms with Gasteiger partial charge in [0.1, 0.15) is 11.8 Å². The van der Waals surface area contributed by atoms with Crippen molar-refractivity contribution in [2.45, 2.75) is 31.9 Å². The van der Waals surface area contributed by atoms with Crippen LogP contribution in [0.25, 0.3) is 11.1 Å². The molecule has 1 fully saturated rings. The van der Waals surface area contributed by atoms with E-state index in [0.717, 1.165) is 16.7 Å². The van der Waals surface area contributed by atoms with Gasteiger partial charge in [0.05, 0.1) is 31.4 Å². The average Bonchev–Trinajstić information content (AvgIpc) is 3.37. The Balaban J connectivity index is 1.51. The molecule has 9 nitrogen and oxygen atoms in total. The van der Waals surface area contributed by atoms with E-state index in [-0.39, 0.29) is 18.2 Å². The molecule has 1 unspecified atom stereocenters. The topological polar surface area (TPSA) is 126 Å². The fraction of sp³-hybridized carbons (Fsp3) is 0.360. The van der Waals surface area contributed by atoms with Crippen molar-refractivity contribution in [3.05, 3.63) is 72.1 Å². The first-order valence-electron chi connectivity index (χ1n) is 11.2. The van der Waals surface area contributed by atoms with E-state index in [1.54, 1.807) is 6.92 Å². The molecule has 1 aromatic heterocycles. The molecule has 178 valence electrons. The first-order chi connectivity index (χ1) is 16.5. The third-order valence-electron chi connectivity index (χ3n) is 5.96. The standard InChI is InChI=1S/C25H28N4O5/c1-25(16-30,24(32)34-21-14-33-15-21)12-20(27-23(31)22-13-26-29-28-22)11-17-7-9-19(10-8-17)18-5-3-2-4-6-18/h2-10,13,20-21,30H,11-12,14-16H2,1H3,(H,27,31)(H,26,28,29)/t20-,25?/m1/s1. The summed E-state index contributed by atoms with van der Waals surface area (Å²) in [4.78, 5) is 25.5. The van der Waals surface area contributed by atoms with Gasteiger partial charge in [0.15, 0.2) is 0 Å². The van der Waals surface area contributed by atoms with Crippen molar-refractivity contribution in [3.63, 3.8) is 0 Å². The summed E-state index contributed by atoms with van der Waals surface area (Å²) >= 11 is 0. The highest BCUT2D eigenvalue weighted by Gasteiger charge is 2.39. The van der Waals surface area contributed by atoms with Gasteiger partial charge in [-0.3, -0.25) is 14.7 Å². The Morgan fingerprint density at radius 2 is 1.88 bits per heavy atom. The molecule has 4 rings (SSSR count). The number of rotatable bonds is 10. The minimum absolute atomic E-state index is 0.184. The highest BCUT2D eigenvalue weighted by molar-refractivity contribution is 5.92. The van der Waals surface area contributed by atoms with E-state index >= 15 is 0 Å². The van der Waals surface area contributed by atoms with Crippen molar-refractivity contribution in [2.75, 3.05) is 19.8 Å². The quantitative estimate of drug-likeness (QED) is 0.393. The van der Waals surface area contributed by atoms with E-state index in [9.17, 15) is 14.7 Å². The molecular formula is C25H28N4O5. The first-order valence-corrected chi connectivity index (χ1v) is 11.2. The monoisotopic (exact) mass is 464 g/mol. The van der Waals surface area contributed by atoms with E-state index in [2.05, 4.69) is 20.7 Å². The third kappa shape index (κ3) is 5.67. The van der Waals surface area contributed by atoms with Crippen molar-refractivity contribution in [1.29, 1.82) is 0 Å². The number of carbonyl (C=O) groups is 2. The molecule has 1 amide bonds. The number of aromatic amines is 1. The van der Waals surface area contributed by atoms with Crippen LogP contribution in [0.1, 0.15) is 29.4 Å². The number of ether oxygens (including phenoxy) is 2. The van der Waals surface area contributed by atoms with Gasteiger partial charge < -0.3 is 19.9 Å². The number of nitrogens with zero attached hydrogens (tertiary/aromatic N) is 2. The molecule has 2 aromatic carbocycles. The summed E-state index contributed by atoms with van der Waals surface area (Å²) in [5, 5.41) is 22.8. The number of carbonyl (C=O) groups excluding carboxylic acids is 2. The largest absolute Gasteiger partial charge is 0.457 e. The lowest BCUT2D eigenvalue weighted by Gasteiger charge is -2.34. The number of H-pyrrole nitrogens is 1. The summed E-state index contributed by atoms with van der Waals surface area (Å²) in [5.41, 5.74) is 2.20. The number of nitrogens with one attached hydrogen (secondary N) is 2. The van der Waals surface area contributed by atoms with Crippen molar-refractivity contribution in [2.24, 2.45) is 5.41 Å². The molecule has 3 aromatic rings. The summed E-state index contributed by atoms with van der Waals surface area (Å²) in [6.07, 6.45) is 1.67. The van der Waals surface area contributed by atoms with Crippen LogP contribution in [0.3, 0.4) is 0 Å². The molecule has 9 heteroatoms. The van der Waals surface area contributed by atoms with Crippen LogP contribution in [0.2, 0.25) is 0 Å². The maximum atomic E-state index is 12.8. The number of hydrogen-bond donors (Lipinski definition) is 3. The molecule has 0 bridgehead atoms. The van der Waals surface area contributed by atoms with Crippen molar-refractivity contribution in [1.82, 2.24) is 20.7 Å². The number of esters is 1. The summed E-state index contributed by atoms with van der Waals surface area (Å²) in [6, 6.07) is 17.6. The molecule has 1 aliphatic heterocycles. The predicted octanol–water partition coefficient (Wildman–Crippen LogP) is 2.14. The van der Waals surface area contributed by atoms with E-state index in [4.69, 9.17) is 9.47 Å². The van der Waals surface area contributed by atoms with E-state index in [0.29, 0.717) is 19.6 Å². The SMILES string of the molecule is CC(CO)(C[C@@H](Cc1ccc(-c2ccccc2)cc1)NC(=O)c1cnn[nH]1)C(=O)OC1COC1. The van der Waals surface area contributed by atoms with E-state index in [1.807, 2.05) is 54.6 Å². The molecule has 2 atom stereocenters. The van der Waals surface area contributed by atoms with Crippen molar-refractivity contribution < 1.29 is 24.2 Å². The van der Waals surface area contributed by atoms with Crippen LogP contribution in [0.4, 0.5) is 0 Å². The van der Waals surface area contributed by atoms with Crippen LogP contribution >= 0.6 is 0 Å². The summed E-state index contributed by atoms with van der Waals surface area (Å²) in [7, 11) is 0. The molecule has 0 saturated carbocycles. The Kier molecular flexibility index (Phi) is 7.34. The Hall–Kier alpha value is -3.56. The van der Waals surface area contributed by atoms with Crippen LogP contribution in [-0.2, 0) is 20.7 Å². The second-order valence-electron chi connectivity index (χ2n) is 8.80. The second kappa shape index (κ2) is 10.6. The lowest BCUT2D eigenvalue weighted by molar-refractivity contribution is -0.185. The summed E-state index contributed by atoms with van der Waals surface area (Å²) in [6.45, 7) is 1.94. The number of benzene rings is 2. The van der Waals surface area contributed by atoms with Gasteiger partial charge in [-0.15, -0.1) is 5.10 Å². The highest BCUT2D eigenvalue weighted by atomic mass is 16.6. The van der Waals surface area contributed by atoms with Gasteiger partial charge in [0, 0.05) is 6.04 Å². The van der Waals surface area contributed by atoms with Crippen molar-refractivity contribution in [3.8, 4) is 11.1 Å². The Morgan fingerprint density at radius 1 is 1.18 bits per heavy atom. The fourth-order valence-electron chi connectivity index (χ4n) is 3.83. The van der Waals surface area contributed by atoms with Gasteiger partial charge in [-0.25, -0.2) is 0 Å². The number of amides is 1. The zero-order valence-electron chi connectivity index (χ0n) is 18.9. The Labute approximate surface area is 197 Å². The van der Waals surface area contributed by atoms with Crippen LogP contribution in [0.5, 0.6) is 0 Å². The van der Waals surface area contributed by atoms with Crippen LogP contribution < -0.4 is 5.32 Å². The van der Waals surface area contributed by atoms with E-state index < -0.39 is 29.9 Å². The van der Waals surface area contributed by atoms with Crippen LogP contribution in [0, 0.1) is 5.41 Å². The predicted molar refractivity (Wildman–Crippen MR) is 124 cm³/mol. The molecule has 0 aliphatic carbocycles. The molecule has 0 spiro atoms. The minimum atomic E-state index is -1.19. The normalized spacial score (nSPS) is 16.2. The van der Waals surface area contributed by atoms with Gasteiger partial charge in [0.2, 0.25) is 0 Å². The summed E-state index contributed by atoms with van der Waals surface area (Å²) < 4.78 is 10.5. The van der Waals surface area contributed by atoms with Crippen LogP contribution in [0.15, 0.2) is 60.8 Å². The van der Waals surface area contributed by atoms with Gasteiger partial charge in [-0.2, -0.15) is 0 Å². The number of aliphatic hydroxyl groups is 1. The number of aromatic nitrogens is 3. The second-order valence-corrected chi connectivity index (χ2v) is 8.80.